The van der Waals surface area contributed by atoms with Crippen LogP contribution in [0, 0.1) is 0 Å². The highest BCUT2D eigenvalue weighted by Gasteiger charge is 2.43. The zero-order valence-electron chi connectivity index (χ0n) is 20.4. The van der Waals surface area contributed by atoms with E-state index >= 15 is 0 Å². The number of fused-ring (bicyclic) bond motifs is 1. The summed E-state index contributed by atoms with van der Waals surface area (Å²) in [5, 5.41) is 7.29. The maximum Gasteiger partial charge on any atom is 0.237 e. The molecule has 0 saturated heterocycles. The van der Waals surface area contributed by atoms with Crippen molar-refractivity contribution in [3.63, 3.8) is 0 Å². The summed E-state index contributed by atoms with van der Waals surface area (Å²) in [6.07, 6.45) is 1.66. The van der Waals surface area contributed by atoms with Crippen molar-refractivity contribution in [2.45, 2.75) is 19.3 Å². The number of hydrogen-bond donors (Lipinski definition) is 2. The minimum absolute atomic E-state index is 0.0517. The smallest absolute Gasteiger partial charge is 0.237 e. The molecule has 0 atom stereocenters. The van der Waals surface area contributed by atoms with Gasteiger partial charge in [0.1, 0.15) is 13.0 Å². The number of ether oxygens (including phenoxy) is 1. The van der Waals surface area contributed by atoms with E-state index in [1.165, 1.54) is 0 Å². The van der Waals surface area contributed by atoms with Gasteiger partial charge in [0, 0.05) is 36.5 Å². The topological polar surface area (TPSA) is 96.5 Å². The highest BCUT2D eigenvalue weighted by atomic mass is 79.9. The molecule has 0 unspecified atom stereocenters. The number of carbonyl (C=O) groups is 1. The van der Waals surface area contributed by atoms with Gasteiger partial charge in [-0.3, -0.25) is 4.79 Å². The first-order chi connectivity index (χ1) is 16.5. The summed E-state index contributed by atoms with van der Waals surface area (Å²) in [5.74, 6) is 0.990. The molecule has 2 aromatic carbocycles. The molecule has 3 aromatic rings. The van der Waals surface area contributed by atoms with E-state index in [-0.39, 0.29) is 5.91 Å². The molecule has 0 radical (unpaired) electrons. The molecule has 8 nitrogen and oxygen atoms in total. The fourth-order valence-corrected chi connectivity index (χ4v) is 5.58. The third-order valence-electron chi connectivity index (χ3n) is 6.00. The van der Waals surface area contributed by atoms with Crippen LogP contribution in [-0.4, -0.2) is 49.5 Å². The molecule has 0 spiro atoms. The number of methoxy groups -OCH3 is 1. The third kappa shape index (κ3) is 5.13. The monoisotopic (exact) mass is 557 g/mol. The van der Waals surface area contributed by atoms with E-state index in [4.69, 9.17) is 4.74 Å². The van der Waals surface area contributed by atoms with Gasteiger partial charge >= 0.3 is 0 Å². The second-order valence-corrected chi connectivity index (χ2v) is 13.4. The average Bonchev–Trinajstić information content (AvgIpc) is 2.99. The molecule has 1 aliphatic rings. The predicted octanol–water partition coefficient (Wildman–Crippen LogP) is 5.24. The van der Waals surface area contributed by atoms with Crippen LogP contribution in [0.4, 0.5) is 28.8 Å². The zero-order valence-corrected chi connectivity index (χ0v) is 22.9. The summed E-state index contributed by atoms with van der Waals surface area (Å²) in [7, 11) is -0.861. The number of amides is 1. The molecule has 10 heteroatoms. The molecule has 1 aromatic heterocycles. The summed E-state index contributed by atoms with van der Waals surface area (Å²) < 4.78 is 18.6. The minimum atomic E-state index is -2.49. The number of nitrogens with zero attached hydrogens (tertiary/aromatic N) is 3. The number of rotatable bonds is 8. The van der Waals surface area contributed by atoms with Gasteiger partial charge in [-0.05, 0) is 79.0 Å². The van der Waals surface area contributed by atoms with Gasteiger partial charge in [-0.2, -0.15) is 4.98 Å². The van der Waals surface area contributed by atoms with Crippen molar-refractivity contribution in [3.05, 3.63) is 58.7 Å². The standard InChI is InChI=1S/C25H29BrN5O3P/c1-25(2)17-14-16(10-11-20(17)31(23(25)32)12-13-34-3)28-24-27-15-18(26)22(30-24)29-19-8-6-7-9-21(19)35(4,5)33/h6-11,14-15H,12-13H2,1-5H3,(H2,27,28,29,30). The normalized spacial score (nSPS) is 14.7. The quantitative estimate of drug-likeness (QED) is 0.365. The number of para-hydroxylation sites is 1. The lowest BCUT2D eigenvalue weighted by atomic mass is 9.86. The van der Waals surface area contributed by atoms with Crippen LogP contribution >= 0.6 is 23.1 Å². The number of aromatic nitrogens is 2. The maximum absolute atomic E-state index is 13.0. The second-order valence-electron chi connectivity index (χ2n) is 9.31. The van der Waals surface area contributed by atoms with Gasteiger partial charge in [-0.1, -0.05) is 12.1 Å². The van der Waals surface area contributed by atoms with Gasteiger partial charge in [0.2, 0.25) is 11.9 Å². The summed E-state index contributed by atoms with van der Waals surface area (Å²) in [6.45, 7) is 8.32. The highest BCUT2D eigenvalue weighted by molar-refractivity contribution is 9.10. The van der Waals surface area contributed by atoms with Crippen LogP contribution in [0.1, 0.15) is 19.4 Å². The number of carbonyl (C=O) groups excluding carboxylic acids is 1. The van der Waals surface area contributed by atoms with Crippen molar-refractivity contribution < 1.29 is 14.1 Å². The van der Waals surface area contributed by atoms with Crippen molar-refractivity contribution in [3.8, 4) is 0 Å². The molecule has 1 aliphatic heterocycles. The van der Waals surface area contributed by atoms with E-state index in [1.807, 2.05) is 56.3 Å². The van der Waals surface area contributed by atoms with Crippen LogP contribution in [0.25, 0.3) is 0 Å². The molecule has 0 fully saturated rings. The highest BCUT2D eigenvalue weighted by Crippen LogP contribution is 2.43. The van der Waals surface area contributed by atoms with Gasteiger partial charge in [0.15, 0.2) is 0 Å². The first-order valence-electron chi connectivity index (χ1n) is 11.2. The molecule has 2 N–H and O–H groups in total. The van der Waals surface area contributed by atoms with Gasteiger partial charge in [0.05, 0.1) is 22.2 Å². The van der Waals surface area contributed by atoms with Crippen molar-refractivity contribution >= 4 is 63.1 Å². The Bertz CT molecular complexity index is 1320. The molecule has 35 heavy (non-hydrogen) atoms. The Hall–Kier alpha value is -2.74. The van der Waals surface area contributed by atoms with E-state index in [0.29, 0.717) is 29.4 Å². The number of hydrogen-bond acceptors (Lipinski definition) is 7. The van der Waals surface area contributed by atoms with Crippen LogP contribution in [0.2, 0.25) is 0 Å². The summed E-state index contributed by atoms with van der Waals surface area (Å²) >= 11 is 3.50. The Morgan fingerprint density at radius 2 is 1.89 bits per heavy atom. The van der Waals surface area contributed by atoms with Gasteiger partial charge in [-0.15, -0.1) is 0 Å². The van der Waals surface area contributed by atoms with Crippen LogP contribution in [0.5, 0.6) is 0 Å². The Morgan fingerprint density at radius 3 is 2.60 bits per heavy atom. The lowest BCUT2D eigenvalue weighted by Gasteiger charge is -2.19. The fraction of sp³-hybridized carbons (Fsp3) is 0.320. The summed E-state index contributed by atoms with van der Waals surface area (Å²) in [4.78, 5) is 23.8. The maximum atomic E-state index is 13.0. The molecular weight excluding hydrogens is 529 g/mol. The van der Waals surface area contributed by atoms with Gasteiger partial charge < -0.3 is 24.8 Å². The van der Waals surface area contributed by atoms with Crippen LogP contribution in [-0.2, 0) is 19.5 Å². The van der Waals surface area contributed by atoms with Crippen molar-refractivity contribution in [2.75, 3.05) is 49.1 Å². The predicted molar refractivity (Wildman–Crippen MR) is 146 cm³/mol. The van der Waals surface area contributed by atoms with Crippen LogP contribution < -0.4 is 20.8 Å². The molecule has 4 rings (SSSR count). The van der Waals surface area contributed by atoms with Gasteiger partial charge in [0.25, 0.3) is 0 Å². The number of anilines is 5. The Labute approximate surface area is 214 Å². The average molecular weight is 558 g/mol. The van der Waals surface area contributed by atoms with E-state index in [2.05, 4.69) is 36.5 Å². The fourth-order valence-electron chi connectivity index (χ4n) is 4.14. The molecule has 0 saturated carbocycles. The van der Waals surface area contributed by atoms with Gasteiger partial charge in [-0.25, -0.2) is 4.98 Å². The third-order valence-corrected chi connectivity index (χ3v) is 8.13. The van der Waals surface area contributed by atoms with E-state index in [1.54, 1.807) is 31.5 Å². The largest absolute Gasteiger partial charge is 0.383 e. The minimum Gasteiger partial charge on any atom is -0.383 e. The lowest BCUT2D eigenvalue weighted by molar-refractivity contribution is -0.122. The van der Waals surface area contributed by atoms with Crippen molar-refractivity contribution in [2.24, 2.45) is 0 Å². The number of halogens is 1. The van der Waals surface area contributed by atoms with E-state index in [9.17, 15) is 9.36 Å². The first kappa shape index (κ1) is 25.4. The number of nitrogens with one attached hydrogen (secondary N) is 2. The Morgan fingerprint density at radius 1 is 1.14 bits per heavy atom. The molecule has 184 valence electrons. The van der Waals surface area contributed by atoms with E-state index < -0.39 is 12.6 Å². The summed E-state index contributed by atoms with van der Waals surface area (Å²) in [5.41, 5.74) is 2.70. The zero-order chi connectivity index (χ0) is 25.4. The first-order valence-corrected chi connectivity index (χ1v) is 14.6. The van der Waals surface area contributed by atoms with Crippen LogP contribution in [0.15, 0.2) is 53.1 Å². The summed E-state index contributed by atoms with van der Waals surface area (Å²) in [6, 6.07) is 13.3. The number of benzene rings is 2. The Balaban J connectivity index is 1.62. The van der Waals surface area contributed by atoms with Crippen LogP contribution in [0.3, 0.4) is 0 Å². The molecule has 1 amide bonds. The lowest BCUT2D eigenvalue weighted by Crippen LogP contribution is -2.37. The second kappa shape index (κ2) is 9.72. The van der Waals surface area contributed by atoms with Crippen molar-refractivity contribution in [1.29, 1.82) is 0 Å². The van der Waals surface area contributed by atoms with Crippen molar-refractivity contribution in [1.82, 2.24) is 9.97 Å². The SMILES string of the molecule is COCCN1C(=O)C(C)(C)c2cc(Nc3ncc(Br)c(Nc4ccccc4P(C)(C)=O)n3)ccc21. The molecule has 2 heterocycles. The molecule has 0 bridgehead atoms. The molecular formula is C25H29BrN5O3P. The molecule has 0 aliphatic carbocycles. The van der Waals surface area contributed by atoms with E-state index in [0.717, 1.165) is 27.9 Å². The Kier molecular flexibility index (Phi) is 7.04.